The fraction of sp³-hybridized carbons (Fsp3) is 0.542. The molecule has 5 rings (SSSR count). The maximum atomic E-state index is 12.8. The summed E-state index contributed by atoms with van der Waals surface area (Å²) in [6, 6.07) is 4.31. The molecule has 3 aromatic heterocycles. The van der Waals surface area contributed by atoms with Crippen LogP contribution in [0.2, 0.25) is 0 Å². The molecule has 1 atom stereocenters. The molecule has 0 aromatic carbocycles. The van der Waals surface area contributed by atoms with Crippen LogP contribution in [-0.4, -0.2) is 38.8 Å². The van der Waals surface area contributed by atoms with E-state index in [0.717, 1.165) is 68.2 Å². The standard InChI is InChI=1S/C24H30N4O/c1-16-3-2-12-28(15-16)22(29)13-17-4-6-18(7-5-17)19-8-10-25-21-14-27-24-20(23(19)21)9-11-26-24/h8-11,14,16-18,25H,2-7,12-13,15H2,1H3. The zero-order valence-electron chi connectivity index (χ0n) is 17.2. The van der Waals surface area contributed by atoms with Gasteiger partial charge in [0.2, 0.25) is 5.91 Å². The molecule has 3 aromatic rings. The highest BCUT2D eigenvalue weighted by Crippen LogP contribution is 2.40. The number of rotatable bonds is 3. The number of aromatic nitrogens is 3. The largest absolute Gasteiger partial charge is 0.360 e. The Kier molecular flexibility index (Phi) is 4.98. The van der Waals surface area contributed by atoms with E-state index in [-0.39, 0.29) is 0 Å². The van der Waals surface area contributed by atoms with Gasteiger partial charge in [-0.05, 0) is 74.0 Å². The van der Waals surface area contributed by atoms with Gasteiger partial charge in [-0.25, -0.2) is 9.97 Å². The Hall–Kier alpha value is -2.43. The predicted molar refractivity (Wildman–Crippen MR) is 116 cm³/mol. The van der Waals surface area contributed by atoms with Gasteiger partial charge in [-0.15, -0.1) is 0 Å². The Morgan fingerprint density at radius 1 is 1.17 bits per heavy atom. The molecule has 0 bridgehead atoms. The number of hydrogen-bond donors (Lipinski definition) is 1. The first kappa shape index (κ1) is 18.6. The Labute approximate surface area is 171 Å². The van der Waals surface area contributed by atoms with Crippen molar-refractivity contribution in [1.82, 2.24) is 19.9 Å². The molecule has 29 heavy (non-hydrogen) atoms. The van der Waals surface area contributed by atoms with Crippen molar-refractivity contribution < 1.29 is 4.79 Å². The number of nitrogens with zero attached hydrogens (tertiary/aromatic N) is 3. The lowest BCUT2D eigenvalue weighted by molar-refractivity contribution is -0.134. The first-order chi connectivity index (χ1) is 14.2. The number of carbonyl (C=O) groups excluding carboxylic acids is 1. The van der Waals surface area contributed by atoms with E-state index in [4.69, 9.17) is 0 Å². The van der Waals surface area contributed by atoms with Crippen LogP contribution >= 0.6 is 0 Å². The van der Waals surface area contributed by atoms with Gasteiger partial charge in [0.25, 0.3) is 0 Å². The number of fused-ring (bicyclic) bond motifs is 3. The lowest BCUT2D eigenvalue weighted by Gasteiger charge is -2.34. The van der Waals surface area contributed by atoms with E-state index in [1.165, 1.54) is 17.4 Å². The zero-order chi connectivity index (χ0) is 19.8. The minimum Gasteiger partial charge on any atom is -0.360 e. The van der Waals surface area contributed by atoms with E-state index in [1.807, 2.05) is 18.6 Å². The van der Waals surface area contributed by atoms with Crippen molar-refractivity contribution in [3.8, 4) is 0 Å². The fourth-order valence-corrected chi connectivity index (χ4v) is 5.49. The van der Waals surface area contributed by atoms with Gasteiger partial charge >= 0.3 is 0 Å². The third-order valence-corrected chi connectivity index (χ3v) is 7.08. The van der Waals surface area contributed by atoms with E-state index in [0.29, 0.717) is 23.7 Å². The first-order valence-corrected chi connectivity index (χ1v) is 11.2. The fourth-order valence-electron chi connectivity index (χ4n) is 5.49. The highest BCUT2D eigenvalue weighted by atomic mass is 16.2. The van der Waals surface area contributed by atoms with E-state index in [2.05, 4.69) is 38.9 Å². The van der Waals surface area contributed by atoms with Crippen LogP contribution in [0, 0.1) is 11.8 Å². The highest BCUT2D eigenvalue weighted by molar-refractivity contribution is 6.05. The number of likely N-dealkylation sites (tertiary alicyclic amines) is 1. The molecule has 2 fully saturated rings. The van der Waals surface area contributed by atoms with Crippen LogP contribution in [0.4, 0.5) is 0 Å². The van der Waals surface area contributed by atoms with Crippen molar-refractivity contribution in [3.05, 3.63) is 36.3 Å². The third kappa shape index (κ3) is 3.63. The quantitative estimate of drug-likeness (QED) is 0.682. The SMILES string of the molecule is CC1CCCN(C(=O)CC2CCC(c3cc[nH]c4cnc5nccc5c34)CC2)C1. The van der Waals surface area contributed by atoms with Gasteiger partial charge in [-0.2, -0.15) is 0 Å². The van der Waals surface area contributed by atoms with Crippen molar-refractivity contribution in [2.45, 2.75) is 57.8 Å². The maximum Gasteiger partial charge on any atom is 0.222 e. The van der Waals surface area contributed by atoms with Crippen molar-refractivity contribution in [2.75, 3.05) is 13.1 Å². The van der Waals surface area contributed by atoms with Gasteiger partial charge in [0.05, 0.1) is 11.7 Å². The summed E-state index contributed by atoms with van der Waals surface area (Å²) in [5, 5.41) is 2.42. The summed E-state index contributed by atoms with van der Waals surface area (Å²) >= 11 is 0. The molecule has 1 aliphatic heterocycles. The summed E-state index contributed by atoms with van der Waals surface area (Å²) < 4.78 is 0. The Bertz CT molecular complexity index is 1020. The lowest BCUT2D eigenvalue weighted by Crippen LogP contribution is -2.40. The third-order valence-electron chi connectivity index (χ3n) is 7.08. The van der Waals surface area contributed by atoms with Crippen LogP contribution < -0.4 is 0 Å². The van der Waals surface area contributed by atoms with Crippen LogP contribution in [0.1, 0.15) is 63.4 Å². The smallest absolute Gasteiger partial charge is 0.222 e. The number of pyridine rings is 2. The average Bonchev–Trinajstić information content (AvgIpc) is 3.23. The molecule has 2 aliphatic rings. The minimum atomic E-state index is 0.385. The van der Waals surface area contributed by atoms with Gasteiger partial charge in [0.1, 0.15) is 0 Å². The summed E-state index contributed by atoms with van der Waals surface area (Å²) in [5.74, 6) is 2.13. The molecule has 1 aliphatic carbocycles. The van der Waals surface area contributed by atoms with Crippen LogP contribution in [0.5, 0.6) is 0 Å². The van der Waals surface area contributed by atoms with Crippen LogP contribution in [0.15, 0.2) is 30.7 Å². The van der Waals surface area contributed by atoms with Gasteiger partial charge in [0.15, 0.2) is 5.65 Å². The zero-order valence-corrected chi connectivity index (χ0v) is 17.2. The van der Waals surface area contributed by atoms with Crippen molar-refractivity contribution in [1.29, 1.82) is 0 Å². The van der Waals surface area contributed by atoms with Crippen molar-refractivity contribution >= 4 is 27.8 Å². The van der Waals surface area contributed by atoms with Crippen molar-refractivity contribution in [2.24, 2.45) is 11.8 Å². The average molecular weight is 391 g/mol. The summed E-state index contributed by atoms with van der Waals surface area (Å²) in [6.45, 7) is 4.18. The monoisotopic (exact) mass is 390 g/mol. The molecule has 1 N–H and O–H groups in total. The van der Waals surface area contributed by atoms with Gasteiger partial charge < -0.3 is 9.88 Å². The molecule has 1 amide bonds. The molecule has 0 radical (unpaired) electrons. The number of aromatic amines is 1. The number of piperidine rings is 1. The van der Waals surface area contributed by atoms with Crippen molar-refractivity contribution in [3.63, 3.8) is 0 Å². The molecule has 152 valence electrons. The second kappa shape index (κ2) is 7.77. The van der Waals surface area contributed by atoms with Gasteiger partial charge in [-0.1, -0.05) is 6.92 Å². The van der Waals surface area contributed by atoms with E-state index < -0.39 is 0 Å². The van der Waals surface area contributed by atoms with E-state index in [1.54, 1.807) is 0 Å². The van der Waals surface area contributed by atoms with Gasteiger partial charge in [-0.3, -0.25) is 4.79 Å². The Morgan fingerprint density at radius 2 is 2.03 bits per heavy atom. The number of hydrogen-bond acceptors (Lipinski definition) is 3. The summed E-state index contributed by atoms with van der Waals surface area (Å²) in [6.07, 6.45) is 13.6. The van der Waals surface area contributed by atoms with Crippen LogP contribution in [0.25, 0.3) is 21.9 Å². The number of nitrogens with one attached hydrogen (secondary N) is 1. The molecule has 5 heteroatoms. The lowest BCUT2D eigenvalue weighted by atomic mass is 9.76. The Balaban J connectivity index is 1.29. The molecular weight excluding hydrogens is 360 g/mol. The molecule has 4 heterocycles. The van der Waals surface area contributed by atoms with Gasteiger partial charge in [0, 0.05) is 42.7 Å². The minimum absolute atomic E-state index is 0.385. The van der Waals surface area contributed by atoms with Crippen LogP contribution in [-0.2, 0) is 4.79 Å². The molecule has 1 saturated heterocycles. The van der Waals surface area contributed by atoms with Crippen LogP contribution in [0.3, 0.4) is 0 Å². The predicted octanol–water partition coefficient (Wildman–Crippen LogP) is 5.03. The molecule has 1 unspecified atom stereocenters. The Morgan fingerprint density at radius 3 is 2.86 bits per heavy atom. The summed E-state index contributed by atoms with van der Waals surface area (Å²) in [7, 11) is 0. The second-order valence-corrected chi connectivity index (χ2v) is 9.17. The summed E-state index contributed by atoms with van der Waals surface area (Å²) in [5.41, 5.74) is 3.32. The molecule has 0 spiro atoms. The maximum absolute atomic E-state index is 12.8. The molecule has 5 nitrogen and oxygen atoms in total. The second-order valence-electron chi connectivity index (χ2n) is 9.17. The molecule has 1 saturated carbocycles. The number of H-pyrrole nitrogens is 1. The van der Waals surface area contributed by atoms with E-state index in [9.17, 15) is 4.79 Å². The highest BCUT2D eigenvalue weighted by Gasteiger charge is 2.28. The first-order valence-electron chi connectivity index (χ1n) is 11.2. The normalized spacial score (nSPS) is 25.6. The van der Waals surface area contributed by atoms with E-state index >= 15 is 0 Å². The number of amides is 1. The topological polar surface area (TPSA) is 61.9 Å². The summed E-state index contributed by atoms with van der Waals surface area (Å²) in [4.78, 5) is 27.1. The molecular formula is C24H30N4O. The number of carbonyl (C=O) groups is 1.